The zero-order valence-corrected chi connectivity index (χ0v) is 9.48. The van der Waals surface area contributed by atoms with Crippen LogP contribution in [0.2, 0.25) is 5.02 Å². The highest BCUT2D eigenvalue weighted by molar-refractivity contribution is 6.34. The van der Waals surface area contributed by atoms with E-state index in [9.17, 15) is 0 Å². The smallest absolute Gasteiger partial charge is 0.194 e. The van der Waals surface area contributed by atoms with Crippen molar-refractivity contribution in [3.63, 3.8) is 0 Å². The van der Waals surface area contributed by atoms with Crippen LogP contribution in [-0.4, -0.2) is 19.8 Å². The summed E-state index contributed by atoms with van der Waals surface area (Å²) in [6.07, 6.45) is 0. The first-order valence-electron chi connectivity index (χ1n) is 4.51. The quantitative estimate of drug-likeness (QED) is 0.729. The number of nitrogens with zero attached hydrogens (tertiary/aromatic N) is 3. The lowest BCUT2D eigenvalue weighted by molar-refractivity contribution is 0.556. The van der Waals surface area contributed by atoms with Gasteiger partial charge in [-0.2, -0.15) is 4.63 Å². The van der Waals surface area contributed by atoms with Gasteiger partial charge < -0.3 is 0 Å². The molecule has 0 bridgehead atoms. The molecule has 2 aromatic rings. The minimum atomic E-state index is -0.0205. The van der Waals surface area contributed by atoms with Crippen molar-refractivity contribution in [3.05, 3.63) is 16.5 Å². The fourth-order valence-corrected chi connectivity index (χ4v) is 1.85. The van der Waals surface area contributed by atoms with Crippen molar-refractivity contribution < 1.29 is 0 Å². The third kappa shape index (κ3) is 1.30. The number of rotatable bonds is 0. The van der Waals surface area contributed by atoms with E-state index in [4.69, 9.17) is 11.6 Å². The molecular weight excluding hydrogens is 200 g/mol. The van der Waals surface area contributed by atoms with Gasteiger partial charge in [-0.15, -0.1) is 5.10 Å². The largest absolute Gasteiger partial charge is 0.278 e. The molecule has 2 aromatic heterocycles. The zero-order chi connectivity index (χ0) is 10.5. The predicted octanol–water partition coefficient (Wildman–Crippen LogP) is 2.32. The molecule has 0 atom stereocenters. The summed E-state index contributed by atoms with van der Waals surface area (Å²) in [5.41, 5.74) is 1.65. The fraction of sp³-hybridized carbons (Fsp3) is 0.556. The van der Waals surface area contributed by atoms with Crippen LogP contribution < -0.4 is 0 Å². The lowest BCUT2D eigenvalue weighted by Crippen LogP contribution is -2.12. The number of aryl methyl sites for hydroxylation is 1. The Hall–Kier alpha value is -1.03. The van der Waals surface area contributed by atoms with Crippen LogP contribution in [0, 0.1) is 6.92 Å². The lowest BCUT2D eigenvalue weighted by Gasteiger charge is -2.15. The maximum absolute atomic E-state index is 6.20. The molecule has 76 valence electrons. The van der Waals surface area contributed by atoms with Crippen LogP contribution in [0.15, 0.2) is 0 Å². The average Bonchev–Trinajstić information content (AvgIpc) is 2.49. The van der Waals surface area contributed by atoms with Crippen LogP contribution >= 0.6 is 11.6 Å². The first-order chi connectivity index (χ1) is 6.39. The molecule has 0 amide bonds. The minimum Gasteiger partial charge on any atom is -0.278 e. The van der Waals surface area contributed by atoms with Gasteiger partial charge in [-0.25, -0.2) is 4.98 Å². The van der Waals surface area contributed by atoms with E-state index in [-0.39, 0.29) is 5.41 Å². The normalized spacial score (nSPS) is 12.6. The summed E-state index contributed by atoms with van der Waals surface area (Å²) in [7, 11) is 0. The van der Waals surface area contributed by atoms with E-state index in [0.717, 1.165) is 11.5 Å². The molecule has 4 nitrogen and oxygen atoms in total. The molecule has 0 aliphatic heterocycles. The Bertz CT molecular complexity index is 475. The average molecular weight is 213 g/mol. The molecular formula is C9H13ClN4. The highest BCUT2D eigenvalue weighted by atomic mass is 35.5. The monoisotopic (exact) mass is 212 g/mol. The van der Waals surface area contributed by atoms with Gasteiger partial charge >= 0.3 is 0 Å². The topological polar surface area (TPSA) is 46.0 Å². The van der Waals surface area contributed by atoms with Crippen LogP contribution in [0.1, 0.15) is 32.3 Å². The molecule has 0 radical (unpaired) electrons. The summed E-state index contributed by atoms with van der Waals surface area (Å²) in [6.45, 7) is 8.12. The standard InChI is InChI=1S/C9H13ClN4/c1-5-11-8-6(10)7(9(2,3)4)13-14(8)12-5/h13H,1-4H3. The molecule has 0 aromatic carbocycles. The molecule has 0 unspecified atom stereocenters. The Morgan fingerprint density at radius 1 is 1.36 bits per heavy atom. The first kappa shape index (κ1) is 9.52. The summed E-state index contributed by atoms with van der Waals surface area (Å²) in [4.78, 5) is 4.24. The van der Waals surface area contributed by atoms with E-state index in [1.165, 1.54) is 0 Å². The number of aromatic nitrogens is 4. The Balaban J connectivity index is 2.70. The van der Waals surface area contributed by atoms with E-state index in [1.54, 1.807) is 4.63 Å². The summed E-state index contributed by atoms with van der Waals surface area (Å²) < 4.78 is 1.62. The summed E-state index contributed by atoms with van der Waals surface area (Å²) in [5, 5.41) is 7.97. The molecule has 2 rings (SSSR count). The van der Waals surface area contributed by atoms with Gasteiger partial charge in [0.15, 0.2) is 5.65 Å². The second kappa shape index (κ2) is 2.73. The van der Waals surface area contributed by atoms with Crippen molar-refractivity contribution in [2.45, 2.75) is 33.1 Å². The molecule has 0 spiro atoms. The molecule has 14 heavy (non-hydrogen) atoms. The zero-order valence-electron chi connectivity index (χ0n) is 8.72. The molecule has 5 heteroatoms. The van der Waals surface area contributed by atoms with Crippen LogP contribution in [0.3, 0.4) is 0 Å². The van der Waals surface area contributed by atoms with Gasteiger partial charge in [0.25, 0.3) is 0 Å². The second-order valence-corrected chi connectivity index (χ2v) is 4.82. The van der Waals surface area contributed by atoms with Gasteiger partial charge in [-0.05, 0) is 6.92 Å². The summed E-state index contributed by atoms with van der Waals surface area (Å²) >= 11 is 6.20. The Kier molecular flexibility index (Phi) is 1.86. The predicted molar refractivity (Wildman–Crippen MR) is 55.8 cm³/mol. The van der Waals surface area contributed by atoms with Crippen molar-refractivity contribution in [1.29, 1.82) is 0 Å². The maximum Gasteiger partial charge on any atom is 0.194 e. The molecule has 0 saturated heterocycles. The van der Waals surface area contributed by atoms with Crippen LogP contribution in [-0.2, 0) is 5.41 Å². The minimum absolute atomic E-state index is 0.0205. The SMILES string of the molecule is Cc1nc2c(Cl)c(C(C)(C)C)[nH]n2n1. The van der Waals surface area contributed by atoms with Gasteiger partial charge in [0.1, 0.15) is 10.8 Å². The number of aromatic amines is 1. The Morgan fingerprint density at radius 2 is 2.00 bits per heavy atom. The number of nitrogens with one attached hydrogen (secondary N) is 1. The molecule has 0 aliphatic rings. The van der Waals surface area contributed by atoms with Crippen molar-refractivity contribution >= 4 is 17.2 Å². The summed E-state index contributed by atoms with van der Waals surface area (Å²) in [5.74, 6) is 0.721. The van der Waals surface area contributed by atoms with Gasteiger partial charge in [0, 0.05) is 5.41 Å². The van der Waals surface area contributed by atoms with Crippen molar-refractivity contribution in [1.82, 2.24) is 19.8 Å². The van der Waals surface area contributed by atoms with Crippen LogP contribution in [0.25, 0.3) is 5.65 Å². The van der Waals surface area contributed by atoms with E-state index in [0.29, 0.717) is 10.7 Å². The number of H-pyrrole nitrogens is 1. The highest BCUT2D eigenvalue weighted by Gasteiger charge is 2.23. The lowest BCUT2D eigenvalue weighted by atomic mass is 9.92. The Labute approximate surface area is 87.3 Å². The van der Waals surface area contributed by atoms with Gasteiger partial charge in [0.05, 0.1) is 5.69 Å². The molecule has 0 fully saturated rings. The summed E-state index contributed by atoms with van der Waals surface area (Å²) in [6, 6.07) is 0. The molecule has 0 aliphatic carbocycles. The third-order valence-corrected chi connectivity index (χ3v) is 2.45. The number of hydrogen-bond acceptors (Lipinski definition) is 2. The van der Waals surface area contributed by atoms with Gasteiger partial charge in [0.2, 0.25) is 0 Å². The van der Waals surface area contributed by atoms with E-state index in [2.05, 4.69) is 36.0 Å². The van der Waals surface area contributed by atoms with Crippen molar-refractivity contribution in [3.8, 4) is 0 Å². The number of halogens is 1. The van der Waals surface area contributed by atoms with E-state index >= 15 is 0 Å². The van der Waals surface area contributed by atoms with E-state index in [1.807, 2.05) is 6.92 Å². The highest BCUT2D eigenvalue weighted by Crippen LogP contribution is 2.30. The van der Waals surface area contributed by atoms with Crippen molar-refractivity contribution in [2.24, 2.45) is 0 Å². The third-order valence-electron chi connectivity index (χ3n) is 2.10. The maximum atomic E-state index is 6.20. The number of fused-ring (bicyclic) bond motifs is 1. The number of hydrogen-bond donors (Lipinski definition) is 1. The van der Waals surface area contributed by atoms with Gasteiger partial charge in [-0.1, -0.05) is 32.4 Å². The fourth-order valence-electron chi connectivity index (χ4n) is 1.40. The van der Waals surface area contributed by atoms with E-state index < -0.39 is 0 Å². The van der Waals surface area contributed by atoms with Crippen LogP contribution in [0.4, 0.5) is 0 Å². The van der Waals surface area contributed by atoms with Crippen molar-refractivity contribution in [2.75, 3.05) is 0 Å². The van der Waals surface area contributed by atoms with Crippen LogP contribution in [0.5, 0.6) is 0 Å². The van der Waals surface area contributed by atoms with Gasteiger partial charge in [-0.3, -0.25) is 5.10 Å². The molecule has 0 saturated carbocycles. The molecule has 1 N–H and O–H groups in total. The first-order valence-corrected chi connectivity index (χ1v) is 4.88. The second-order valence-electron chi connectivity index (χ2n) is 4.45. The Morgan fingerprint density at radius 3 is 2.50 bits per heavy atom. The molecule has 2 heterocycles.